The van der Waals surface area contributed by atoms with Gasteiger partial charge in [-0.1, -0.05) is 25.7 Å². The summed E-state index contributed by atoms with van der Waals surface area (Å²) in [5, 5.41) is 4.97. The quantitative estimate of drug-likeness (QED) is 0.0679. The number of carbonyl (C=O) groups excluding carboxylic acids is 6. The number of carbonyl (C=O) groups is 6. The fraction of sp³-hybridized carbons (Fsp3) is 0.727. The number of aliphatic imine (C=N–C) groups is 3. The van der Waals surface area contributed by atoms with E-state index >= 15 is 0 Å². The van der Waals surface area contributed by atoms with Crippen molar-refractivity contribution in [2.45, 2.75) is 222 Å². The standard InChI is InChI=1S/C55H92N8O13/c1-50(2,3)71-44(64)58-42(59-45(65)72-51(4,5)6)57-34-23-21-19-20-22-25-36-62(48(68)75-54(13,14)15)43(60-46(66)73-52(7,8)9)63(49(69)76-55(16,17)18)37-27-28-38-70-40-31-29-39(30-32-40)41-56-33-24-26-35-61(41)47(67)74-53(10,11)12/h29-32H,19-28,33-38H2,1-18H3,(H2,57,58,59,64,65). The lowest BCUT2D eigenvalue weighted by Gasteiger charge is -2.34. The lowest BCUT2D eigenvalue weighted by molar-refractivity contribution is 0.0266. The third-order valence-corrected chi connectivity index (χ3v) is 9.67. The summed E-state index contributed by atoms with van der Waals surface area (Å²) in [4.78, 5) is 97.4. The molecule has 0 spiro atoms. The summed E-state index contributed by atoms with van der Waals surface area (Å²) in [6, 6.07) is 7.31. The maximum atomic E-state index is 14.2. The molecule has 430 valence electrons. The van der Waals surface area contributed by atoms with Gasteiger partial charge < -0.3 is 33.2 Å². The molecule has 0 bridgehead atoms. The van der Waals surface area contributed by atoms with Gasteiger partial charge in [0.2, 0.25) is 11.9 Å². The van der Waals surface area contributed by atoms with Crippen LogP contribution in [-0.4, -0.2) is 142 Å². The van der Waals surface area contributed by atoms with Crippen LogP contribution < -0.4 is 15.4 Å². The molecule has 0 atom stereocenters. The van der Waals surface area contributed by atoms with Gasteiger partial charge in [0, 0.05) is 38.3 Å². The molecule has 0 aliphatic carbocycles. The van der Waals surface area contributed by atoms with Crippen LogP contribution in [0, 0.1) is 0 Å². The lowest BCUT2D eigenvalue weighted by atomic mass is 10.1. The van der Waals surface area contributed by atoms with Crippen molar-refractivity contribution in [1.29, 1.82) is 0 Å². The van der Waals surface area contributed by atoms with Gasteiger partial charge in [-0.25, -0.2) is 38.6 Å². The molecule has 0 unspecified atom stereocenters. The third kappa shape index (κ3) is 29.2. The molecule has 2 N–H and O–H groups in total. The maximum absolute atomic E-state index is 14.2. The molecule has 0 aromatic heterocycles. The Labute approximate surface area is 452 Å². The molecular weight excluding hydrogens is 981 g/mol. The fourth-order valence-corrected chi connectivity index (χ4v) is 6.77. The number of guanidine groups is 2. The highest BCUT2D eigenvalue weighted by Crippen LogP contribution is 2.22. The second-order valence-electron chi connectivity index (χ2n) is 24.4. The number of hydrogen-bond donors (Lipinski definition) is 2. The second kappa shape index (κ2) is 29.4. The zero-order valence-electron chi connectivity index (χ0n) is 49.1. The van der Waals surface area contributed by atoms with E-state index in [-0.39, 0.29) is 38.2 Å². The Hall–Kier alpha value is -6.15. The Morgan fingerprint density at radius 1 is 0.553 bits per heavy atom. The van der Waals surface area contributed by atoms with Gasteiger partial charge >= 0.3 is 36.6 Å². The monoisotopic (exact) mass is 1070 g/mol. The van der Waals surface area contributed by atoms with Crippen molar-refractivity contribution >= 4 is 54.3 Å². The largest absolute Gasteiger partial charge is 0.494 e. The normalized spacial score (nSPS) is 13.7. The maximum Gasteiger partial charge on any atom is 0.437 e. The number of unbranched alkanes of at least 4 members (excludes halogenated alkanes) is 6. The Morgan fingerprint density at radius 2 is 1.00 bits per heavy atom. The molecule has 0 fully saturated rings. The van der Waals surface area contributed by atoms with Gasteiger partial charge in [-0.2, -0.15) is 0 Å². The van der Waals surface area contributed by atoms with Crippen LogP contribution >= 0.6 is 0 Å². The van der Waals surface area contributed by atoms with Gasteiger partial charge in [0.05, 0.1) is 6.61 Å². The van der Waals surface area contributed by atoms with Crippen molar-refractivity contribution in [3.05, 3.63) is 29.8 Å². The van der Waals surface area contributed by atoms with Crippen LogP contribution in [0.3, 0.4) is 0 Å². The van der Waals surface area contributed by atoms with Crippen LogP contribution in [0.15, 0.2) is 39.2 Å². The van der Waals surface area contributed by atoms with E-state index in [2.05, 4.69) is 20.6 Å². The number of amides is 6. The van der Waals surface area contributed by atoms with Crippen molar-refractivity contribution in [1.82, 2.24) is 25.3 Å². The molecule has 0 saturated carbocycles. The number of nitrogens with zero attached hydrogens (tertiary/aromatic N) is 6. The molecule has 21 heteroatoms. The number of amidine groups is 1. The van der Waals surface area contributed by atoms with E-state index in [0.717, 1.165) is 37.7 Å². The molecular formula is C55H92N8O13. The molecule has 21 nitrogen and oxygen atoms in total. The number of nitrogens with one attached hydrogen (secondary N) is 2. The smallest absolute Gasteiger partial charge is 0.437 e. The Balaban J connectivity index is 2.29. The van der Waals surface area contributed by atoms with E-state index in [0.29, 0.717) is 56.8 Å². The first kappa shape index (κ1) is 66.0. The predicted molar refractivity (Wildman–Crippen MR) is 293 cm³/mol. The average molecular weight is 1070 g/mol. The van der Waals surface area contributed by atoms with Crippen molar-refractivity contribution in [3.63, 3.8) is 0 Å². The summed E-state index contributed by atoms with van der Waals surface area (Å²) in [5.41, 5.74) is -4.32. The first-order chi connectivity index (χ1) is 34.9. The highest BCUT2D eigenvalue weighted by Gasteiger charge is 2.36. The van der Waals surface area contributed by atoms with Crippen molar-refractivity contribution in [3.8, 4) is 5.75 Å². The van der Waals surface area contributed by atoms with Gasteiger partial charge in [-0.15, -0.1) is 4.99 Å². The summed E-state index contributed by atoms with van der Waals surface area (Å²) < 4.78 is 39.8. The number of alkyl carbamates (subject to hydrolysis) is 2. The van der Waals surface area contributed by atoms with Crippen LogP contribution in [0.2, 0.25) is 0 Å². The Bertz CT molecular complexity index is 2120. The number of hydrogen-bond acceptors (Lipinski definition) is 15. The highest BCUT2D eigenvalue weighted by atomic mass is 16.6. The molecule has 1 aromatic carbocycles. The molecule has 0 saturated heterocycles. The van der Waals surface area contributed by atoms with E-state index in [1.54, 1.807) is 121 Å². The van der Waals surface area contributed by atoms with Crippen LogP contribution in [0.5, 0.6) is 5.75 Å². The minimum Gasteiger partial charge on any atom is -0.494 e. The summed E-state index contributed by atoms with van der Waals surface area (Å²) in [5.74, 6) is 0.728. The molecule has 2 rings (SSSR count). The zero-order valence-corrected chi connectivity index (χ0v) is 49.1. The van der Waals surface area contributed by atoms with E-state index in [4.69, 9.17) is 38.2 Å². The molecule has 1 aromatic rings. The van der Waals surface area contributed by atoms with E-state index in [1.807, 2.05) is 32.9 Å². The first-order valence-electron chi connectivity index (χ1n) is 26.6. The van der Waals surface area contributed by atoms with Crippen LogP contribution in [0.25, 0.3) is 0 Å². The van der Waals surface area contributed by atoms with E-state index in [9.17, 15) is 28.8 Å². The van der Waals surface area contributed by atoms with Crippen molar-refractivity contribution < 1.29 is 61.9 Å². The molecule has 1 heterocycles. The predicted octanol–water partition coefficient (Wildman–Crippen LogP) is 12.1. The Morgan fingerprint density at radius 3 is 1.47 bits per heavy atom. The zero-order chi connectivity index (χ0) is 57.7. The van der Waals surface area contributed by atoms with E-state index < -0.39 is 70.2 Å². The summed E-state index contributed by atoms with van der Waals surface area (Å²) in [6.07, 6.45) is 1.75. The van der Waals surface area contributed by atoms with E-state index in [1.165, 1.54) is 9.80 Å². The number of benzene rings is 1. The SMILES string of the molecule is CC(C)(C)OC(=O)N=C(N(CCCCCCCCN=C(NC(=O)OC(C)(C)C)NC(=O)OC(C)(C)C)C(=O)OC(C)(C)C)N(CCCCOc1ccc(C2=NCCCCN2C(=O)OC(C)(C)C)cc1)C(=O)OC(C)(C)C. The minimum atomic E-state index is -1.02. The highest BCUT2D eigenvalue weighted by molar-refractivity contribution is 6.07. The molecule has 1 aliphatic rings. The van der Waals surface area contributed by atoms with Gasteiger partial charge in [-0.05, 0) is 187 Å². The van der Waals surface area contributed by atoms with Gasteiger partial charge in [0.25, 0.3) is 0 Å². The minimum absolute atomic E-state index is 0.0246. The van der Waals surface area contributed by atoms with Crippen LogP contribution in [0.4, 0.5) is 28.8 Å². The van der Waals surface area contributed by atoms with Crippen molar-refractivity contribution in [2.75, 3.05) is 39.3 Å². The topological polar surface area (TPSA) is 238 Å². The lowest BCUT2D eigenvalue weighted by Crippen LogP contribution is -2.53. The Kier molecular flexibility index (Phi) is 25.5. The third-order valence-electron chi connectivity index (χ3n) is 9.67. The van der Waals surface area contributed by atoms with Crippen molar-refractivity contribution in [2.24, 2.45) is 15.0 Å². The summed E-state index contributed by atoms with van der Waals surface area (Å²) in [6.45, 7) is 32.7. The average Bonchev–Trinajstić information content (AvgIpc) is 3.48. The number of rotatable bonds is 16. The molecule has 76 heavy (non-hydrogen) atoms. The summed E-state index contributed by atoms with van der Waals surface area (Å²) in [7, 11) is 0. The molecule has 1 aliphatic heterocycles. The molecule has 6 amide bonds. The first-order valence-corrected chi connectivity index (χ1v) is 26.6. The fourth-order valence-electron chi connectivity index (χ4n) is 6.77. The van der Waals surface area contributed by atoms with Gasteiger partial charge in [0.15, 0.2) is 0 Å². The van der Waals surface area contributed by atoms with Crippen LogP contribution in [0.1, 0.15) is 194 Å². The molecule has 0 radical (unpaired) electrons. The number of ether oxygens (including phenoxy) is 7. The van der Waals surface area contributed by atoms with Gasteiger partial charge in [0.1, 0.15) is 45.2 Å². The van der Waals surface area contributed by atoms with Gasteiger partial charge in [-0.3, -0.25) is 25.5 Å². The van der Waals surface area contributed by atoms with Crippen LogP contribution in [-0.2, 0) is 28.4 Å². The summed E-state index contributed by atoms with van der Waals surface area (Å²) >= 11 is 0. The second-order valence-corrected chi connectivity index (χ2v) is 24.4.